The highest BCUT2D eigenvalue weighted by Crippen LogP contribution is 2.22. The highest BCUT2D eigenvalue weighted by atomic mass is 32.2. The fourth-order valence-corrected chi connectivity index (χ4v) is 4.02. The molecule has 2 aromatic rings. The summed E-state index contributed by atoms with van der Waals surface area (Å²) in [6.45, 7) is 0.530. The molecule has 1 aromatic heterocycles. The van der Waals surface area contributed by atoms with Crippen molar-refractivity contribution in [2.24, 2.45) is 0 Å². The summed E-state index contributed by atoms with van der Waals surface area (Å²) in [6.07, 6.45) is 7.67. The number of allylic oxidation sites excluding steroid dienone is 2. The largest absolute Gasteiger partial charge is 0.341 e. The third-order valence-electron chi connectivity index (χ3n) is 4.68. The van der Waals surface area contributed by atoms with E-state index >= 15 is 0 Å². The van der Waals surface area contributed by atoms with E-state index in [1.807, 2.05) is 12.1 Å². The van der Waals surface area contributed by atoms with Crippen LogP contribution in [0.5, 0.6) is 0 Å². The van der Waals surface area contributed by atoms with E-state index in [1.165, 1.54) is 25.5 Å². The van der Waals surface area contributed by atoms with Gasteiger partial charge in [0.2, 0.25) is 5.91 Å². The Hall–Kier alpha value is -2.61. The molecule has 2 N–H and O–H groups in total. The SMILES string of the molecule is CNC(=O)NC(=O)CSc1nc2ccccc2c(=O)n1CCC1=CCCCC1. The number of carbonyl (C=O) groups excluding carboxylic acids is 2. The van der Waals surface area contributed by atoms with E-state index in [9.17, 15) is 14.4 Å². The van der Waals surface area contributed by atoms with E-state index in [1.54, 1.807) is 16.7 Å². The van der Waals surface area contributed by atoms with E-state index in [0.717, 1.165) is 31.0 Å². The Morgan fingerprint density at radius 3 is 2.82 bits per heavy atom. The summed E-state index contributed by atoms with van der Waals surface area (Å²) in [5.41, 5.74) is 1.88. The number of para-hydroxylation sites is 1. The number of nitrogens with one attached hydrogen (secondary N) is 2. The summed E-state index contributed by atoms with van der Waals surface area (Å²) in [4.78, 5) is 40.8. The number of carbonyl (C=O) groups is 2. The molecule has 3 rings (SSSR count). The molecule has 0 atom stereocenters. The van der Waals surface area contributed by atoms with Crippen molar-refractivity contribution in [1.82, 2.24) is 20.2 Å². The summed E-state index contributed by atoms with van der Waals surface area (Å²) in [6, 6.07) is 6.66. The fraction of sp³-hybridized carbons (Fsp3) is 0.400. The van der Waals surface area contributed by atoms with Crippen LogP contribution in [0.3, 0.4) is 0 Å². The van der Waals surface area contributed by atoms with E-state index in [2.05, 4.69) is 21.7 Å². The molecule has 1 aromatic carbocycles. The number of aromatic nitrogens is 2. The standard InChI is InChI=1S/C20H24N4O3S/c1-21-19(27)23-17(25)13-28-20-22-16-10-6-5-9-15(16)18(26)24(20)12-11-14-7-3-2-4-8-14/h5-7,9-10H,2-4,8,11-13H2,1H3,(H2,21,23,25,27). The van der Waals surface area contributed by atoms with Gasteiger partial charge >= 0.3 is 6.03 Å². The first-order valence-electron chi connectivity index (χ1n) is 9.40. The quantitative estimate of drug-likeness (QED) is 0.442. The summed E-state index contributed by atoms with van der Waals surface area (Å²) in [7, 11) is 1.44. The van der Waals surface area contributed by atoms with Gasteiger partial charge in [-0.3, -0.25) is 19.5 Å². The third-order valence-corrected chi connectivity index (χ3v) is 5.66. The molecular formula is C20H24N4O3S. The zero-order valence-corrected chi connectivity index (χ0v) is 16.7. The predicted molar refractivity (Wildman–Crippen MR) is 110 cm³/mol. The summed E-state index contributed by atoms with van der Waals surface area (Å²) < 4.78 is 1.65. The van der Waals surface area contributed by atoms with Gasteiger partial charge in [0.05, 0.1) is 16.7 Å². The maximum atomic E-state index is 13.0. The molecule has 3 amide bonds. The molecule has 0 spiro atoms. The topological polar surface area (TPSA) is 93.1 Å². The number of thioether (sulfide) groups is 1. The van der Waals surface area contributed by atoms with E-state index < -0.39 is 11.9 Å². The van der Waals surface area contributed by atoms with Crippen LogP contribution in [0.25, 0.3) is 10.9 Å². The minimum atomic E-state index is -0.557. The monoisotopic (exact) mass is 400 g/mol. The molecule has 0 radical (unpaired) electrons. The molecule has 8 heteroatoms. The molecule has 1 aliphatic carbocycles. The Balaban J connectivity index is 1.83. The normalized spacial score (nSPS) is 13.8. The van der Waals surface area contributed by atoms with Crippen LogP contribution in [-0.2, 0) is 11.3 Å². The Morgan fingerprint density at radius 1 is 1.25 bits per heavy atom. The number of imide groups is 1. The summed E-state index contributed by atoms with van der Waals surface area (Å²) in [5.74, 6) is -0.436. The summed E-state index contributed by atoms with van der Waals surface area (Å²) in [5, 5.41) is 5.62. The molecular weight excluding hydrogens is 376 g/mol. The van der Waals surface area contributed by atoms with Crippen LogP contribution >= 0.6 is 11.8 Å². The van der Waals surface area contributed by atoms with Crippen molar-refractivity contribution >= 4 is 34.6 Å². The molecule has 148 valence electrons. The van der Waals surface area contributed by atoms with Crippen LogP contribution in [0.15, 0.2) is 45.9 Å². The van der Waals surface area contributed by atoms with Gasteiger partial charge < -0.3 is 5.32 Å². The van der Waals surface area contributed by atoms with Crippen LogP contribution in [0.1, 0.15) is 32.1 Å². The number of urea groups is 1. The fourth-order valence-electron chi connectivity index (χ4n) is 3.20. The van der Waals surface area contributed by atoms with Crippen LogP contribution in [0.4, 0.5) is 4.79 Å². The summed E-state index contributed by atoms with van der Waals surface area (Å²) >= 11 is 1.16. The third kappa shape index (κ3) is 5.01. The second-order valence-electron chi connectivity index (χ2n) is 6.64. The van der Waals surface area contributed by atoms with Gasteiger partial charge in [-0.15, -0.1) is 0 Å². The van der Waals surface area contributed by atoms with Crippen molar-refractivity contribution in [3.8, 4) is 0 Å². The highest BCUT2D eigenvalue weighted by molar-refractivity contribution is 7.99. The molecule has 0 unspecified atom stereocenters. The molecule has 7 nitrogen and oxygen atoms in total. The molecule has 0 saturated carbocycles. The zero-order valence-electron chi connectivity index (χ0n) is 15.9. The molecule has 0 aliphatic heterocycles. The average Bonchev–Trinajstić information content (AvgIpc) is 2.72. The number of amides is 3. The van der Waals surface area contributed by atoms with E-state index in [4.69, 9.17) is 0 Å². The molecule has 0 fully saturated rings. The lowest BCUT2D eigenvalue weighted by Gasteiger charge is -2.16. The van der Waals surface area contributed by atoms with Gasteiger partial charge in [0.15, 0.2) is 5.16 Å². The number of hydrogen-bond acceptors (Lipinski definition) is 5. The van der Waals surface area contributed by atoms with Gasteiger partial charge in [0.25, 0.3) is 5.56 Å². The smallest absolute Gasteiger partial charge is 0.321 e. The average molecular weight is 401 g/mol. The van der Waals surface area contributed by atoms with Crippen molar-refractivity contribution in [3.05, 3.63) is 46.3 Å². The van der Waals surface area contributed by atoms with Gasteiger partial charge in [0, 0.05) is 13.6 Å². The minimum Gasteiger partial charge on any atom is -0.341 e. The van der Waals surface area contributed by atoms with Crippen LogP contribution in [0, 0.1) is 0 Å². The first-order valence-corrected chi connectivity index (χ1v) is 10.4. The lowest BCUT2D eigenvalue weighted by molar-refractivity contribution is -0.117. The highest BCUT2D eigenvalue weighted by Gasteiger charge is 2.15. The van der Waals surface area contributed by atoms with Crippen molar-refractivity contribution in [3.63, 3.8) is 0 Å². The lowest BCUT2D eigenvalue weighted by atomic mass is 9.97. The predicted octanol–water partition coefficient (Wildman–Crippen LogP) is 2.83. The second-order valence-corrected chi connectivity index (χ2v) is 7.58. The lowest BCUT2D eigenvalue weighted by Crippen LogP contribution is -2.38. The van der Waals surface area contributed by atoms with E-state index in [-0.39, 0.29) is 11.3 Å². The Kier molecular flexibility index (Phi) is 6.86. The number of hydrogen-bond donors (Lipinski definition) is 2. The molecule has 0 saturated heterocycles. The van der Waals surface area contributed by atoms with Crippen molar-refractivity contribution < 1.29 is 9.59 Å². The van der Waals surface area contributed by atoms with Gasteiger partial charge in [-0.05, 0) is 44.2 Å². The molecule has 0 bridgehead atoms. The van der Waals surface area contributed by atoms with Gasteiger partial charge in [-0.1, -0.05) is 35.5 Å². The maximum Gasteiger partial charge on any atom is 0.321 e. The molecule has 28 heavy (non-hydrogen) atoms. The van der Waals surface area contributed by atoms with Crippen LogP contribution in [0.2, 0.25) is 0 Å². The first kappa shape index (κ1) is 20.1. The van der Waals surface area contributed by atoms with Crippen LogP contribution in [-0.4, -0.2) is 34.3 Å². The molecule has 1 heterocycles. The van der Waals surface area contributed by atoms with Gasteiger partial charge in [0.1, 0.15) is 0 Å². The maximum absolute atomic E-state index is 13.0. The van der Waals surface area contributed by atoms with Gasteiger partial charge in [-0.25, -0.2) is 9.78 Å². The second kappa shape index (κ2) is 9.54. The zero-order chi connectivity index (χ0) is 19.9. The minimum absolute atomic E-state index is 0.000890. The van der Waals surface area contributed by atoms with Crippen molar-refractivity contribution in [1.29, 1.82) is 0 Å². The Bertz CT molecular complexity index is 968. The molecule has 1 aliphatic rings. The number of fused-ring (bicyclic) bond motifs is 1. The number of rotatable bonds is 6. The van der Waals surface area contributed by atoms with Crippen molar-refractivity contribution in [2.45, 2.75) is 43.8 Å². The van der Waals surface area contributed by atoms with Crippen molar-refractivity contribution in [2.75, 3.05) is 12.8 Å². The van der Waals surface area contributed by atoms with Gasteiger partial charge in [-0.2, -0.15) is 0 Å². The Labute approximate surface area is 167 Å². The van der Waals surface area contributed by atoms with Crippen LogP contribution < -0.4 is 16.2 Å². The number of nitrogens with zero attached hydrogens (tertiary/aromatic N) is 2. The van der Waals surface area contributed by atoms with E-state index in [0.29, 0.717) is 22.6 Å². The Morgan fingerprint density at radius 2 is 2.07 bits per heavy atom. The number of benzene rings is 1. The first-order chi connectivity index (χ1) is 13.6.